The van der Waals surface area contributed by atoms with Crippen LogP contribution in [0.1, 0.15) is 20.3 Å². The maximum atomic E-state index is 11.9. The molecule has 1 rings (SSSR count). The molecule has 0 amide bonds. The fraction of sp³-hybridized carbons (Fsp3) is 0.900. The molecule has 106 valence electrons. The van der Waals surface area contributed by atoms with Crippen LogP contribution >= 0.6 is 0 Å². The number of aliphatic carboxylic acids is 1. The number of carboxylic acid groups (broad SMARTS) is 1. The Morgan fingerprint density at radius 3 is 2.61 bits per heavy atom. The molecule has 0 radical (unpaired) electrons. The lowest BCUT2D eigenvalue weighted by Crippen LogP contribution is -2.50. The smallest absolute Gasteiger partial charge is 0.325 e. The molecular weight excluding hydrogens is 260 g/mol. The largest absolute Gasteiger partial charge is 0.480 e. The Hall–Kier alpha value is -0.700. The summed E-state index contributed by atoms with van der Waals surface area (Å²) in [5.41, 5.74) is 4.16. The maximum absolute atomic E-state index is 11.9. The van der Waals surface area contributed by atoms with Crippen molar-refractivity contribution in [1.29, 1.82) is 0 Å². The van der Waals surface area contributed by atoms with E-state index in [1.807, 2.05) is 13.8 Å². The lowest BCUT2D eigenvalue weighted by Gasteiger charge is -2.20. The normalized spacial score (nSPS) is 25.8. The van der Waals surface area contributed by atoms with Crippen molar-refractivity contribution in [3.05, 3.63) is 0 Å². The van der Waals surface area contributed by atoms with E-state index in [-0.39, 0.29) is 38.0 Å². The van der Waals surface area contributed by atoms with Crippen LogP contribution in [0.3, 0.4) is 0 Å². The van der Waals surface area contributed by atoms with Crippen molar-refractivity contribution in [2.75, 3.05) is 25.4 Å². The molecule has 1 saturated heterocycles. The summed E-state index contributed by atoms with van der Waals surface area (Å²) < 4.78 is 30.2. The first-order valence-corrected chi connectivity index (χ1v) is 7.40. The second-order valence-corrected chi connectivity index (χ2v) is 6.87. The van der Waals surface area contributed by atoms with Crippen molar-refractivity contribution < 1.29 is 23.1 Å². The molecular formula is C10H20N2O5S. The van der Waals surface area contributed by atoms with Crippen LogP contribution in [0.4, 0.5) is 0 Å². The van der Waals surface area contributed by atoms with E-state index >= 15 is 0 Å². The predicted octanol–water partition coefficient (Wildman–Crippen LogP) is -0.771. The van der Waals surface area contributed by atoms with Gasteiger partial charge in [0.05, 0.1) is 18.5 Å². The molecule has 18 heavy (non-hydrogen) atoms. The average Bonchev–Trinajstić information content (AvgIpc) is 2.62. The maximum Gasteiger partial charge on any atom is 0.325 e. The zero-order valence-corrected chi connectivity index (χ0v) is 11.4. The Bertz CT molecular complexity index is 408. The Labute approximate surface area is 107 Å². The minimum atomic E-state index is -3.50. The SMILES string of the molecule is CC(C)OCCS(=O)(=O)N1CCC(N)(C(=O)O)C1. The summed E-state index contributed by atoms with van der Waals surface area (Å²) >= 11 is 0. The summed E-state index contributed by atoms with van der Waals surface area (Å²) in [6.45, 7) is 3.70. The number of carbonyl (C=O) groups is 1. The van der Waals surface area contributed by atoms with E-state index in [0.717, 1.165) is 4.31 Å². The van der Waals surface area contributed by atoms with E-state index in [9.17, 15) is 13.2 Å². The van der Waals surface area contributed by atoms with Crippen molar-refractivity contribution >= 4 is 16.0 Å². The zero-order chi connectivity index (χ0) is 14.0. The number of nitrogens with zero attached hydrogens (tertiary/aromatic N) is 1. The van der Waals surface area contributed by atoms with Crippen molar-refractivity contribution in [3.8, 4) is 0 Å². The molecule has 1 aliphatic heterocycles. The molecule has 0 aromatic carbocycles. The van der Waals surface area contributed by atoms with Crippen molar-refractivity contribution in [1.82, 2.24) is 4.31 Å². The van der Waals surface area contributed by atoms with Gasteiger partial charge < -0.3 is 15.6 Å². The lowest BCUT2D eigenvalue weighted by molar-refractivity contribution is -0.142. The minimum Gasteiger partial charge on any atom is -0.480 e. The van der Waals surface area contributed by atoms with E-state index in [0.29, 0.717) is 0 Å². The van der Waals surface area contributed by atoms with Gasteiger partial charge in [-0.15, -0.1) is 0 Å². The molecule has 1 aliphatic rings. The minimum absolute atomic E-state index is 0.0357. The van der Waals surface area contributed by atoms with Gasteiger partial charge in [-0.3, -0.25) is 4.79 Å². The summed E-state index contributed by atoms with van der Waals surface area (Å²) in [7, 11) is -3.50. The molecule has 7 nitrogen and oxygen atoms in total. The van der Waals surface area contributed by atoms with Gasteiger partial charge in [-0.25, -0.2) is 8.42 Å². The first kappa shape index (κ1) is 15.4. The van der Waals surface area contributed by atoms with E-state index in [2.05, 4.69) is 0 Å². The quantitative estimate of drug-likeness (QED) is 0.661. The van der Waals surface area contributed by atoms with Crippen LogP contribution in [0.2, 0.25) is 0 Å². The molecule has 3 N–H and O–H groups in total. The highest BCUT2D eigenvalue weighted by molar-refractivity contribution is 7.89. The van der Waals surface area contributed by atoms with Gasteiger partial charge in [-0.05, 0) is 20.3 Å². The fourth-order valence-corrected chi connectivity index (χ4v) is 3.09. The Balaban J connectivity index is 2.58. The molecule has 1 heterocycles. The number of nitrogens with two attached hydrogens (primary N) is 1. The Morgan fingerprint density at radius 1 is 1.56 bits per heavy atom. The summed E-state index contributed by atoms with van der Waals surface area (Å²) in [4.78, 5) is 10.9. The molecule has 8 heteroatoms. The number of ether oxygens (including phenoxy) is 1. The third-order valence-corrected chi connectivity index (χ3v) is 4.66. The molecule has 0 aromatic rings. The van der Waals surface area contributed by atoms with Gasteiger partial charge in [-0.1, -0.05) is 0 Å². The predicted molar refractivity (Wildman–Crippen MR) is 65.6 cm³/mol. The van der Waals surface area contributed by atoms with Crippen LogP contribution in [-0.4, -0.2) is 60.9 Å². The molecule has 0 bridgehead atoms. The highest BCUT2D eigenvalue weighted by Gasteiger charge is 2.45. The zero-order valence-electron chi connectivity index (χ0n) is 10.6. The standard InChI is InChI=1S/C10H20N2O5S/c1-8(2)17-5-6-18(15,16)12-4-3-10(11,7-12)9(13)14/h8H,3-7,11H2,1-2H3,(H,13,14). The summed E-state index contributed by atoms with van der Waals surface area (Å²) in [5.74, 6) is -1.32. The van der Waals surface area contributed by atoms with Crippen LogP contribution in [0.25, 0.3) is 0 Å². The van der Waals surface area contributed by atoms with E-state index < -0.39 is 21.5 Å². The Kier molecular flexibility index (Phi) is 4.71. The van der Waals surface area contributed by atoms with E-state index in [1.54, 1.807) is 0 Å². The first-order chi connectivity index (χ1) is 8.17. The number of hydrogen-bond acceptors (Lipinski definition) is 5. The van der Waals surface area contributed by atoms with Crippen molar-refractivity contribution in [2.24, 2.45) is 5.73 Å². The van der Waals surface area contributed by atoms with Gasteiger partial charge in [0.25, 0.3) is 0 Å². The average molecular weight is 280 g/mol. The first-order valence-electron chi connectivity index (χ1n) is 5.79. The molecule has 0 spiro atoms. The molecule has 1 fully saturated rings. The van der Waals surface area contributed by atoms with Gasteiger partial charge in [0, 0.05) is 13.1 Å². The number of carboxylic acids is 1. The fourth-order valence-electron chi connectivity index (χ4n) is 1.73. The lowest BCUT2D eigenvalue weighted by atomic mass is 10.0. The van der Waals surface area contributed by atoms with Gasteiger partial charge in [0.2, 0.25) is 10.0 Å². The number of sulfonamides is 1. The summed E-state index contributed by atoms with van der Waals surface area (Å²) in [6.07, 6.45) is 0.0958. The molecule has 1 atom stereocenters. The van der Waals surface area contributed by atoms with Crippen molar-refractivity contribution in [3.63, 3.8) is 0 Å². The second kappa shape index (κ2) is 5.52. The van der Waals surface area contributed by atoms with Crippen molar-refractivity contribution in [2.45, 2.75) is 31.9 Å². The summed E-state index contributed by atoms with van der Waals surface area (Å²) in [6, 6.07) is 0. The van der Waals surface area contributed by atoms with Crippen LogP contribution in [0.5, 0.6) is 0 Å². The molecule has 1 unspecified atom stereocenters. The molecule has 0 aromatic heterocycles. The highest BCUT2D eigenvalue weighted by atomic mass is 32.2. The van der Waals surface area contributed by atoms with E-state index in [1.165, 1.54) is 0 Å². The third-order valence-electron chi connectivity index (χ3n) is 2.88. The monoisotopic (exact) mass is 280 g/mol. The van der Waals surface area contributed by atoms with Crippen LogP contribution < -0.4 is 5.73 Å². The molecule has 0 saturated carbocycles. The van der Waals surface area contributed by atoms with Gasteiger partial charge in [0.15, 0.2) is 0 Å². The second-order valence-electron chi connectivity index (χ2n) is 4.78. The Morgan fingerprint density at radius 2 is 2.17 bits per heavy atom. The van der Waals surface area contributed by atoms with E-state index in [4.69, 9.17) is 15.6 Å². The molecule has 0 aliphatic carbocycles. The van der Waals surface area contributed by atoms with Crippen LogP contribution in [0, 0.1) is 0 Å². The number of hydrogen-bond donors (Lipinski definition) is 2. The van der Waals surface area contributed by atoms with Crippen LogP contribution in [0.15, 0.2) is 0 Å². The van der Waals surface area contributed by atoms with Crippen LogP contribution in [-0.2, 0) is 19.6 Å². The van der Waals surface area contributed by atoms with Gasteiger partial charge in [-0.2, -0.15) is 4.31 Å². The van der Waals surface area contributed by atoms with Gasteiger partial charge >= 0.3 is 5.97 Å². The number of rotatable bonds is 6. The van der Waals surface area contributed by atoms with Gasteiger partial charge in [0.1, 0.15) is 5.54 Å². The third kappa shape index (κ3) is 3.64. The highest BCUT2D eigenvalue weighted by Crippen LogP contribution is 2.22. The summed E-state index contributed by atoms with van der Waals surface area (Å²) in [5, 5.41) is 8.93. The topological polar surface area (TPSA) is 110 Å².